The number of likely N-dealkylation sites (tertiary alicyclic amines) is 1. The van der Waals surface area contributed by atoms with Crippen LogP contribution in [0, 0.1) is 0 Å². The van der Waals surface area contributed by atoms with Crippen LogP contribution < -0.4 is 15.5 Å². The Balaban J connectivity index is 0.869. The third kappa shape index (κ3) is 7.25. The quantitative estimate of drug-likeness (QED) is 0.0966. The van der Waals surface area contributed by atoms with E-state index in [1.165, 1.54) is 12.1 Å². The summed E-state index contributed by atoms with van der Waals surface area (Å²) in [6.07, 6.45) is 1.39. The number of nitrogens with one attached hydrogen (secondary N) is 2. The number of phenols is 1. The fourth-order valence-corrected chi connectivity index (χ4v) is 8.02. The first-order chi connectivity index (χ1) is 28.1. The molecule has 8 rings (SSSR count). The second kappa shape index (κ2) is 16.1. The summed E-state index contributed by atoms with van der Waals surface area (Å²) >= 11 is 0. The van der Waals surface area contributed by atoms with Crippen LogP contribution in [0.25, 0.3) is 21.9 Å². The molecule has 1 unspecified atom stereocenters. The molecule has 1 atom stereocenters. The highest BCUT2D eigenvalue weighted by Crippen LogP contribution is 2.39. The van der Waals surface area contributed by atoms with Crippen molar-refractivity contribution in [1.29, 1.82) is 0 Å². The maximum Gasteiger partial charge on any atom is 0.325 e. The fraction of sp³-hybridized carbons (Fsp3) is 0.302. The summed E-state index contributed by atoms with van der Waals surface area (Å²) in [6.45, 7) is 6.40. The number of urea groups is 1. The monoisotopic (exact) mass is 786 g/mol. The number of imide groups is 2. The van der Waals surface area contributed by atoms with E-state index in [4.69, 9.17) is 9.47 Å². The van der Waals surface area contributed by atoms with Gasteiger partial charge in [-0.25, -0.2) is 4.79 Å². The second-order valence-electron chi connectivity index (χ2n) is 14.5. The SMILES string of the molecule is C=CC(=O)N1CC(N2Cc3ccc(-c4cc(O)cc5ccccc45)cc3N(CCOCCOCCNc3cccc4c3C(=O)N(C3CCC(=O)NC3=O)C4=O)C2=O)C1. The Morgan fingerprint density at radius 1 is 0.897 bits per heavy atom. The minimum absolute atomic E-state index is 0.0409. The number of ether oxygens (including phenoxy) is 2. The van der Waals surface area contributed by atoms with Crippen LogP contribution in [-0.2, 0) is 30.4 Å². The largest absolute Gasteiger partial charge is 0.508 e. The average Bonchev–Trinajstić information content (AvgIpc) is 3.45. The molecular formula is C43H42N6O9. The molecule has 15 heteroatoms. The lowest BCUT2D eigenvalue weighted by Gasteiger charge is -2.48. The van der Waals surface area contributed by atoms with Crippen LogP contribution in [-0.4, -0.2) is 120 Å². The second-order valence-corrected chi connectivity index (χ2v) is 14.5. The molecule has 4 aromatic carbocycles. The van der Waals surface area contributed by atoms with E-state index in [2.05, 4.69) is 17.2 Å². The maximum atomic E-state index is 14.1. The lowest BCUT2D eigenvalue weighted by Crippen LogP contribution is -2.64. The van der Waals surface area contributed by atoms with Crippen molar-refractivity contribution in [3.05, 3.63) is 102 Å². The molecule has 4 aromatic rings. The van der Waals surface area contributed by atoms with Gasteiger partial charge in [-0.2, -0.15) is 0 Å². The van der Waals surface area contributed by atoms with Gasteiger partial charge in [-0.15, -0.1) is 0 Å². The average molecular weight is 787 g/mol. The van der Waals surface area contributed by atoms with Gasteiger partial charge < -0.3 is 29.7 Å². The number of rotatable bonds is 14. The Labute approximate surface area is 333 Å². The van der Waals surface area contributed by atoms with Crippen LogP contribution in [0.4, 0.5) is 16.2 Å². The van der Waals surface area contributed by atoms with E-state index in [1.54, 1.807) is 39.0 Å². The van der Waals surface area contributed by atoms with Crippen molar-refractivity contribution >= 4 is 57.7 Å². The van der Waals surface area contributed by atoms with E-state index in [-0.39, 0.29) is 80.7 Å². The Morgan fingerprint density at radius 3 is 2.48 bits per heavy atom. The standard InChI is InChI=1S/C43H42N6O9/c1-2-38(52)46-24-29(25-46)48-23-28-11-10-27(33-22-30(50)20-26-6-3-4-7-31(26)33)21-36(28)47(43(48)56)15-17-58-19-18-57-16-14-44-34-9-5-8-32-39(34)42(55)49(41(32)54)35-12-13-37(51)45-40(35)53/h2-11,20-22,29,35,44,50H,1,12-19,23-25H2,(H,45,51,53). The Kier molecular flexibility index (Phi) is 10.6. The van der Waals surface area contributed by atoms with Gasteiger partial charge in [0.2, 0.25) is 17.7 Å². The Hall–Kier alpha value is -6.58. The van der Waals surface area contributed by atoms with E-state index < -0.39 is 29.7 Å². The van der Waals surface area contributed by atoms with Gasteiger partial charge in [0.1, 0.15) is 11.8 Å². The van der Waals surface area contributed by atoms with E-state index in [9.17, 15) is 33.9 Å². The first-order valence-electron chi connectivity index (χ1n) is 19.2. The number of hydrogen-bond donors (Lipinski definition) is 3. The van der Waals surface area contributed by atoms with Crippen molar-refractivity contribution in [3.8, 4) is 16.9 Å². The Morgan fingerprint density at radius 2 is 1.69 bits per heavy atom. The molecule has 4 heterocycles. The van der Waals surface area contributed by atoms with Crippen LogP contribution in [0.5, 0.6) is 5.75 Å². The van der Waals surface area contributed by atoms with Crippen LogP contribution in [0.1, 0.15) is 39.1 Å². The highest BCUT2D eigenvalue weighted by molar-refractivity contribution is 6.25. The van der Waals surface area contributed by atoms with E-state index in [0.717, 1.165) is 38.1 Å². The topological polar surface area (TPSA) is 178 Å². The minimum atomic E-state index is -1.05. The van der Waals surface area contributed by atoms with Gasteiger partial charge in [-0.3, -0.25) is 39.1 Å². The summed E-state index contributed by atoms with van der Waals surface area (Å²) in [5.74, 6) is -2.28. The molecule has 0 bridgehead atoms. The number of carbonyl (C=O) groups is 6. The summed E-state index contributed by atoms with van der Waals surface area (Å²) in [6, 6.07) is 20.8. The zero-order chi connectivity index (χ0) is 40.5. The molecule has 7 amide bonds. The highest BCUT2D eigenvalue weighted by Gasteiger charge is 2.46. The first kappa shape index (κ1) is 38.3. The molecule has 298 valence electrons. The van der Waals surface area contributed by atoms with Crippen molar-refractivity contribution in [2.45, 2.75) is 31.5 Å². The summed E-state index contributed by atoms with van der Waals surface area (Å²) in [5, 5.41) is 17.8. The van der Waals surface area contributed by atoms with Crippen LogP contribution in [0.2, 0.25) is 0 Å². The van der Waals surface area contributed by atoms with Crippen LogP contribution in [0.3, 0.4) is 0 Å². The van der Waals surface area contributed by atoms with Gasteiger partial charge in [0.15, 0.2) is 0 Å². The number of hydrogen-bond acceptors (Lipinski definition) is 10. The number of aromatic hydroxyl groups is 1. The highest BCUT2D eigenvalue weighted by atomic mass is 16.5. The molecule has 15 nitrogen and oxygen atoms in total. The summed E-state index contributed by atoms with van der Waals surface area (Å²) in [4.78, 5) is 82.9. The number of phenolic OH excluding ortho intramolecular Hbond substituents is 1. The zero-order valence-corrected chi connectivity index (χ0v) is 31.6. The molecular weight excluding hydrogens is 745 g/mol. The molecule has 4 aliphatic heterocycles. The first-order valence-corrected chi connectivity index (χ1v) is 19.2. The molecule has 58 heavy (non-hydrogen) atoms. The molecule has 0 aliphatic carbocycles. The predicted molar refractivity (Wildman–Crippen MR) is 213 cm³/mol. The zero-order valence-electron chi connectivity index (χ0n) is 31.6. The molecule has 2 fully saturated rings. The number of fused-ring (bicyclic) bond motifs is 3. The van der Waals surface area contributed by atoms with Crippen molar-refractivity contribution in [2.75, 3.05) is 62.8 Å². The predicted octanol–water partition coefficient (Wildman–Crippen LogP) is 3.90. The van der Waals surface area contributed by atoms with Crippen LogP contribution >= 0.6 is 0 Å². The normalized spacial score (nSPS) is 18.0. The van der Waals surface area contributed by atoms with Gasteiger partial charge >= 0.3 is 6.03 Å². The number of anilines is 2. The van der Waals surface area contributed by atoms with E-state index in [1.807, 2.05) is 42.5 Å². The maximum absolute atomic E-state index is 14.1. The van der Waals surface area contributed by atoms with Crippen molar-refractivity contribution < 1.29 is 43.3 Å². The molecule has 0 saturated carbocycles. The number of carbonyl (C=O) groups excluding carboxylic acids is 6. The lowest BCUT2D eigenvalue weighted by molar-refractivity contribution is -0.136. The van der Waals surface area contributed by atoms with Gasteiger partial charge in [-0.05, 0) is 70.3 Å². The molecule has 4 aliphatic rings. The third-order valence-corrected chi connectivity index (χ3v) is 11.0. The molecule has 0 aromatic heterocycles. The number of benzene rings is 4. The summed E-state index contributed by atoms with van der Waals surface area (Å²) < 4.78 is 11.7. The van der Waals surface area contributed by atoms with Crippen molar-refractivity contribution in [2.24, 2.45) is 0 Å². The third-order valence-electron chi connectivity index (χ3n) is 11.0. The van der Waals surface area contributed by atoms with Gasteiger partial charge in [0.25, 0.3) is 11.8 Å². The van der Waals surface area contributed by atoms with Gasteiger partial charge in [0.05, 0.1) is 55.8 Å². The van der Waals surface area contributed by atoms with Crippen molar-refractivity contribution in [1.82, 2.24) is 20.0 Å². The summed E-state index contributed by atoms with van der Waals surface area (Å²) in [7, 11) is 0. The minimum Gasteiger partial charge on any atom is -0.508 e. The van der Waals surface area contributed by atoms with Crippen molar-refractivity contribution in [3.63, 3.8) is 0 Å². The van der Waals surface area contributed by atoms with E-state index in [0.29, 0.717) is 31.9 Å². The van der Waals surface area contributed by atoms with E-state index >= 15 is 0 Å². The number of nitrogens with zero attached hydrogens (tertiary/aromatic N) is 4. The number of piperidine rings is 1. The molecule has 0 radical (unpaired) electrons. The lowest BCUT2D eigenvalue weighted by atomic mass is 9.95. The Bertz CT molecular complexity index is 2360. The molecule has 2 saturated heterocycles. The number of amides is 7. The van der Waals surface area contributed by atoms with Crippen LogP contribution in [0.15, 0.2) is 85.5 Å². The molecule has 0 spiro atoms. The van der Waals surface area contributed by atoms with Gasteiger partial charge in [0, 0.05) is 38.3 Å². The van der Waals surface area contributed by atoms with Gasteiger partial charge in [-0.1, -0.05) is 49.0 Å². The molecule has 3 N–H and O–H groups in total. The smallest absolute Gasteiger partial charge is 0.325 e. The fourth-order valence-electron chi connectivity index (χ4n) is 8.02. The summed E-state index contributed by atoms with van der Waals surface area (Å²) in [5.41, 5.74) is 4.21.